The van der Waals surface area contributed by atoms with Gasteiger partial charge in [-0.1, -0.05) is 6.07 Å². The lowest BCUT2D eigenvalue weighted by molar-refractivity contribution is -0.146. The van der Waals surface area contributed by atoms with Crippen molar-refractivity contribution in [3.05, 3.63) is 22.4 Å². The molecule has 1 aromatic rings. The maximum Gasteiger partial charge on any atom is 0.245 e. The number of carbonyl (C=O) groups excluding carboxylic acids is 2. The number of rotatable bonds is 3. The number of nitrogens with zero attached hydrogens (tertiary/aromatic N) is 2. The molecule has 2 atom stereocenters. The van der Waals surface area contributed by atoms with Crippen LogP contribution < -0.4 is 0 Å². The fourth-order valence-electron chi connectivity index (χ4n) is 2.67. The predicted octanol–water partition coefficient (Wildman–Crippen LogP) is 1.57. The molecule has 114 valence electrons. The zero-order valence-corrected chi connectivity index (χ0v) is 13.5. The first-order valence-corrected chi connectivity index (χ1v) is 8.94. The molecule has 2 unspecified atom stereocenters. The fourth-order valence-corrected chi connectivity index (χ4v) is 4.90. The number of amides is 2. The van der Waals surface area contributed by atoms with E-state index in [2.05, 4.69) is 0 Å². The molecule has 7 heteroatoms. The molecule has 2 aliphatic heterocycles. The molecular formula is C14H18N2O3S2. The van der Waals surface area contributed by atoms with Gasteiger partial charge in [0, 0.05) is 18.0 Å². The van der Waals surface area contributed by atoms with Crippen LogP contribution in [0.25, 0.3) is 0 Å². The van der Waals surface area contributed by atoms with E-state index >= 15 is 0 Å². The van der Waals surface area contributed by atoms with Crippen LogP contribution in [-0.4, -0.2) is 59.7 Å². The number of hydrogen-bond acceptors (Lipinski definition) is 5. The summed E-state index contributed by atoms with van der Waals surface area (Å²) in [6.45, 7) is 4.22. The first kappa shape index (κ1) is 14.9. The van der Waals surface area contributed by atoms with Crippen LogP contribution in [0, 0.1) is 0 Å². The molecule has 2 amide bonds. The average Bonchev–Trinajstić information content (AvgIpc) is 3.16. The van der Waals surface area contributed by atoms with E-state index in [0.29, 0.717) is 32.1 Å². The van der Waals surface area contributed by atoms with Crippen LogP contribution in [0.15, 0.2) is 17.5 Å². The highest BCUT2D eigenvalue weighted by Gasteiger charge is 2.40. The van der Waals surface area contributed by atoms with Crippen molar-refractivity contribution in [1.29, 1.82) is 0 Å². The van der Waals surface area contributed by atoms with Crippen molar-refractivity contribution in [2.45, 2.75) is 18.3 Å². The van der Waals surface area contributed by atoms with E-state index in [9.17, 15) is 9.59 Å². The molecule has 0 bridgehead atoms. The molecule has 3 rings (SSSR count). The van der Waals surface area contributed by atoms with Gasteiger partial charge in [0.15, 0.2) is 0 Å². The Morgan fingerprint density at radius 2 is 2.19 bits per heavy atom. The smallest absolute Gasteiger partial charge is 0.245 e. The minimum atomic E-state index is -0.419. The van der Waals surface area contributed by atoms with Gasteiger partial charge >= 0.3 is 0 Å². The number of thioether (sulfide) groups is 1. The second-order valence-corrected chi connectivity index (χ2v) is 7.14. The van der Waals surface area contributed by atoms with Gasteiger partial charge in [0.2, 0.25) is 11.8 Å². The summed E-state index contributed by atoms with van der Waals surface area (Å²) < 4.78 is 5.28. The Balaban J connectivity index is 1.76. The predicted molar refractivity (Wildman–Crippen MR) is 83.2 cm³/mol. The highest BCUT2D eigenvalue weighted by molar-refractivity contribution is 8.00. The molecule has 2 aliphatic rings. The third kappa shape index (κ3) is 2.95. The summed E-state index contributed by atoms with van der Waals surface area (Å²) >= 11 is 3.23. The third-order valence-electron chi connectivity index (χ3n) is 3.79. The topological polar surface area (TPSA) is 49.9 Å². The Kier molecular flexibility index (Phi) is 4.51. The van der Waals surface area contributed by atoms with Crippen LogP contribution in [0.3, 0.4) is 0 Å². The summed E-state index contributed by atoms with van der Waals surface area (Å²) in [7, 11) is 0. The van der Waals surface area contributed by atoms with Crippen molar-refractivity contribution in [3.8, 4) is 0 Å². The monoisotopic (exact) mass is 326 g/mol. The van der Waals surface area contributed by atoms with Crippen LogP contribution >= 0.6 is 23.1 Å². The second-order valence-electron chi connectivity index (χ2n) is 5.09. The SMILES string of the molecule is CC(C(=O)N1CCOCC1)N1C(=O)CSC1c1cccs1. The van der Waals surface area contributed by atoms with Crippen LogP contribution in [-0.2, 0) is 14.3 Å². The van der Waals surface area contributed by atoms with Gasteiger partial charge in [0.05, 0.1) is 19.0 Å². The first-order chi connectivity index (χ1) is 10.2. The van der Waals surface area contributed by atoms with Gasteiger partial charge in [-0.3, -0.25) is 9.59 Å². The zero-order valence-electron chi connectivity index (χ0n) is 11.9. The van der Waals surface area contributed by atoms with E-state index in [1.165, 1.54) is 0 Å². The van der Waals surface area contributed by atoms with Crippen molar-refractivity contribution >= 4 is 34.9 Å². The lowest BCUT2D eigenvalue weighted by atomic mass is 10.2. The Labute approximate surface area is 132 Å². The molecule has 0 aromatic carbocycles. The lowest BCUT2D eigenvalue weighted by Crippen LogP contribution is -2.51. The number of carbonyl (C=O) groups is 2. The van der Waals surface area contributed by atoms with Gasteiger partial charge < -0.3 is 14.5 Å². The van der Waals surface area contributed by atoms with Crippen LogP contribution in [0.4, 0.5) is 0 Å². The summed E-state index contributed by atoms with van der Waals surface area (Å²) in [5.74, 6) is 0.520. The Bertz CT molecular complexity index is 514. The molecule has 21 heavy (non-hydrogen) atoms. The largest absolute Gasteiger partial charge is 0.378 e. The average molecular weight is 326 g/mol. The quantitative estimate of drug-likeness (QED) is 0.846. The highest BCUT2D eigenvalue weighted by atomic mass is 32.2. The Morgan fingerprint density at radius 3 is 2.86 bits per heavy atom. The summed E-state index contributed by atoms with van der Waals surface area (Å²) in [6.07, 6.45) is 0. The van der Waals surface area contributed by atoms with Crippen molar-refractivity contribution < 1.29 is 14.3 Å². The molecule has 0 radical (unpaired) electrons. The molecule has 3 heterocycles. The van der Waals surface area contributed by atoms with Gasteiger partial charge in [-0.2, -0.15) is 0 Å². The van der Waals surface area contributed by atoms with Gasteiger partial charge in [0.25, 0.3) is 0 Å². The number of morpholine rings is 1. The maximum absolute atomic E-state index is 12.6. The van der Waals surface area contributed by atoms with E-state index in [1.54, 1.807) is 32.9 Å². The molecule has 2 fully saturated rings. The molecule has 0 spiro atoms. The molecule has 0 N–H and O–H groups in total. The summed E-state index contributed by atoms with van der Waals surface area (Å²) in [5.41, 5.74) is 0. The van der Waals surface area contributed by atoms with E-state index in [-0.39, 0.29) is 17.2 Å². The van der Waals surface area contributed by atoms with Crippen LogP contribution in [0.1, 0.15) is 17.2 Å². The first-order valence-electron chi connectivity index (χ1n) is 7.01. The van der Waals surface area contributed by atoms with Crippen LogP contribution in [0.5, 0.6) is 0 Å². The molecular weight excluding hydrogens is 308 g/mol. The van der Waals surface area contributed by atoms with Crippen molar-refractivity contribution in [2.24, 2.45) is 0 Å². The zero-order chi connectivity index (χ0) is 14.8. The molecule has 0 aliphatic carbocycles. The van der Waals surface area contributed by atoms with Gasteiger partial charge in [-0.15, -0.1) is 23.1 Å². The van der Waals surface area contributed by atoms with E-state index in [1.807, 2.05) is 24.4 Å². The standard InChI is InChI=1S/C14H18N2O3S2/c1-10(13(18)15-4-6-19-7-5-15)16-12(17)9-21-14(16)11-3-2-8-20-11/h2-3,8,10,14H,4-7,9H2,1H3. The normalized spacial score (nSPS) is 24.4. The fraction of sp³-hybridized carbons (Fsp3) is 0.571. The Morgan fingerprint density at radius 1 is 1.43 bits per heavy atom. The van der Waals surface area contributed by atoms with Gasteiger partial charge in [-0.05, 0) is 18.4 Å². The Hall–Kier alpha value is -1.05. The van der Waals surface area contributed by atoms with Gasteiger partial charge in [-0.25, -0.2) is 0 Å². The van der Waals surface area contributed by atoms with Crippen LogP contribution in [0.2, 0.25) is 0 Å². The number of hydrogen-bond donors (Lipinski definition) is 0. The minimum Gasteiger partial charge on any atom is -0.378 e. The maximum atomic E-state index is 12.6. The third-order valence-corrected chi connectivity index (χ3v) is 6.07. The van der Waals surface area contributed by atoms with E-state index < -0.39 is 6.04 Å². The van der Waals surface area contributed by atoms with Crippen molar-refractivity contribution in [3.63, 3.8) is 0 Å². The van der Waals surface area contributed by atoms with E-state index in [0.717, 1.165) is 4.88 Å². The summed E-state index contributed by atoms with van der Waals surface area (Å²) in [6, 6.07) is 3.59. The van der Waals surface area contributed by atoms with E-state index in [4.69, 9.17) is 4.74 Å². The molecule has 0 saturated carbocycles. The van der Waals surface area contributed by atoms with Gasteiger partial charge in [0.1, 0.15) is 11.4 Å². The number of ether oxygens (including phenoxy) is 1. The molecule has 2 saturated heterocycles. The molecule has 1 aromatic heterocycles. The van der Waals surface area contributed by atoms with Crippen molar-refractivity contribution in [1.82, 2.24) is 9.80 Å². The summed E-state index contributed by atoms with van der Waals surface area (Å²) in [4.78, 5) is 29.5. The minimum absolute atomic E-state index is 0.0238. The highest BCUT2D eigenvalue weighted by Crippen LogP contribution is 2.41. The second kappa shape index (κ2) is 6.37. The summed E-state index contributed by atoms with van der Waals surface area (Å²) in [5, 5.41) is 1.98. The number of thiophene rings is 1. The van der Waals surface area contributed by atoms with Crippen molar-refractivity contribution in [2.75, 3.05) is 32.1 Å². The lowest BCUT2D eigenvalue weighted by Gasteiger charge is -2.34. The molecule has 5 nitrogen and oxygen atoms in total.